The van der Waals surface area contributed by atoms with Gasteiger partial charge in [-0.2, -0.15) is 17.0 Å². The molecule has 3 heterocycles. The monoisotopic (exact) mass is 496 g/mol. The van der Waals surface area contributed by atoms with Gasteiger partial charge in [-0.05, 0) is 31.1 Å². The van der Waals surface area contributed by atoms with Crippen molar-refractivity contribution in [3.63, 3.8) is 0 Å². The molecule has 9 heteroatoms. The van der Waals surface area contributed by atoms with Gasteiger partial charge in [-0.3, -0.25) is 19.1 Å². The zero-order chi connectivity index (χ0) is 23.7. The summed E-state index contributed by atoms with van der Waals surface area (Å²) in [5.74, 6) is 2.51. The van der Waals surface area contributed by atoms with Gasteiger partial charge in [0.2, 0.25) is 0 Å². The Hall–Kier alpha value is -2.54. The van der Waals surface area contributed by atoms with Gasteiger partial charge in [0.05, 0.1) is 10.9 Å². The van der Waals surface area contributed by atoms with Crippen molar-refractivity contribution in [1.82, 2.24) is 9.47 Å². The van der Waals surface area contributed by atoms with Gasteiger partial charge in [0.1, 0.15) is 21.8 Å². The number of nitrogens with zero attached hydrogens (tertiary/aromatic N) is 4. The predicted octanol–water partition coefficient (Wildman–Crippen LogP) is 4.08. The number of anilines is 1. The average Bonchev–Trinajstić information content (AvgIpc) is 3.11. The van der Waals surface area contributed by atoms with Gasteiger partial charge >= 0.3 is 0 Å². The minimum absolute atomic E-state index is 0.104. The van der Waals surface area contributed by atoms with Crippen molar-refractivity contribution in [2.75, 3.05) is 29.5 Å². The number of thioether (sulfide) groups is 2. The van der Waals surface area contributed by atoms with Crippen LogP contribution in [0.2, 0.25) is 0 Å². The molecular weight excluding hydrogens is 472 g/mol. The number of rotatable bonds is 4. The van der Waals surface area contributed by atoms with Crippen LogP contribution in [0.4, 0.5) is 5.82 Å². The van der Waals surface area contributed by atoms with E-state index in [4.69, 9.17) is 12.2 Å². The summed E-state index contributed by atoms with van der Waals surface area (Å²) in [4.78, 5) is 30.6. The number of benzene rings is 1. The van der Waals surface area contributed by atoms with Gasteiger partial charge in [0.15, 0.2) is 0 Å². The van der Waals surface area contributed by atoms with Gasteiger partial charge in [0, 0.05) is 37.2 Å². The molecule has 2 fully saturated rings. The highest BCUT2D eigenvalue weighted by molar-refractivity contribution is 8.26. The van der Waals surface area contributed by atoms with Gasteiger partial charge in [-0.25, -0.2) is 0 Å². The van der Waals surface area contributed by atoms with Crippen molar-refractivity contribution >= 4 is 57.9 Å². The van der Waals surface area contributed by atoms with Gasteiger partial charge < -0.3 is 4.90 Å². The fourth-order valence-electron chi connectivity index (χ4n) is 4.19. The Kier molecular flexibility index (Phi) is 6.98. The van der Waals surface area contributed by atoms with Crippen LogP contribution >= 0.6 is 35.7 Å². The van der Waals surface area contributed by atoms with E-state index in [9.17, 15) is 14.9 Å². The number of thiocarbonyl (C=S) groups is 1. The number of amides is 1. The van der Waals surface area contributed by atoms with Gasteiger partial charge in [-0.1, -0.05) is 54.3 Å². The molecule has 2 saturated heterocycles. The summed E-state index contributed by atoms with van der Waals surface area (Å²) < 4.78 is 2.04. The molecule has 0 spiro atoms. The molecule has 0 saturated carbocycles. The highest BCUT2D eigenvalue weighted by Crippen LogP contribution is 2.39. The van der Waals surface area contributed by atoms with Crippen molar-refractivity contribution in [1.29, 1.82) is 5.26 Å². The first-order chi connectivity index (χ1) is 15.8. The molecule has 2 aromatic rings. The Labute approximate surface area is 207 Å². The molecule has 0 radical (unpaired) electrons. The number of carbonyl (C=O) groups excluding carboxylic acids is 1. The summed E-state index contributed by atoms with van der Waals surface area (Å²) >= 11 is 8.72. The Morgan fingerprint density at radius 2 is 1.85 bits per heavy atom. The normalized spacial score (nSPS) is 18.7. The van der Waals surface area contributed by atoms with Crippen LogP contribution in [0.3, 0.4) is 0 Å². The largest absolute Gasteiger partial charge is 0.356 e. The topological polar surface area (TPSA) is 69.3 Å². The fraction of sp³-hybridized carbons (Fsp3) is 0.333. The molecule has 0 N–H and O–H groups in total. The molecule has 1 atom stereocenters. The zero-order valence-electron chi connectivity index (χ0n) is 18.7. The summed E-state index contributed by atoms with van der Waals surface area (Å²) in [5, 5.41) is 9.64. The standard InChI is InChI=1S/C24H24N4O2S3/c1-15-18(21(27-9-11-32-12-10-27)26(3)22(29)19(15)14-25)13-20-23(30)28(24(31)33-20)16(2)17-7-5-4-6-8-17/h4-8,13,16H,9-12H2,1-3H3/b20-13-. The second-order valence-electron chi connectivity index (χ2n) is 7.95. The smallest absolute Gasteiger partial charge is 0.270 e. The number of hydrogen-bond donors (Lipinski definition) is 0. The van der Waals surface area contributed by atoms with E-state index in [-0.39, 0.29) is 23.1 Å². The SMILES string of the molecule is Cc1c(/C=C2\SC(=S)N(C(C)c3ccccc3)C2=O)c(N2CCSCC2)n(C)c(=O)c1C#N. The number of aromatic nitrogens is 1. The third-order valence-corrected chi connectivity index (χ3v) is 8.32. The van der Waals surface area contributed by atoms with Crippen molar-refractivity contribution in [3.8, 4) is 6.07 Å². The van der Waals surface area contributed by atoms with Crippen molar-refractivity contribution in [2.24, 2.45) is 7.05 Å². The number of hydrogen-bond acceptors (Lipinski definition) is 7. The second-order valence-corrected chi connectivity index (χ2v) is 10.9. The Morgan fingerprint density at radius 1 is 1.18 bits per heavy atom. The Morgan fingerprint density at radius 3 is 2.48 bits per heavy atom. The molecule has 1 unspecified atom stereocenters. The zero-order valence-corrected chi connectivity index (χ0v) is 21.1. The highest BCUT2D eigenvalue weighted by Gasteiger charge is 2.36. The fourth-order valence-corrected chi connectivity index (χ4v) is 6.50. The molecular formula is C24H24N4O2S3. The first kappa shape index (κ1) is 23.6. The molecule has 0 aliphatic carbocycles. The minimum atomic E-state index is -0.314. The molecule has 170 valence electrons. The Bertz CT molecular complexity index is 1240. The van der Waals surface area contributed by atoms with Crippen molar-refractivity contribution in [2.45, 2.75) is 19.9 Å². The first-order valence-electron chi connectivity index (χ1n) is 10.6. The lowest BCUT2D eigenvalue weighted by molar-refractivity contribution is -0.123. The van der Waals surface area contributed by atoms with Crippen molar-refractivity contribution in [3.05, 3.63) is 67.8 Å². The maximum Gasteiger partial charge on any atom is 0.270 e. The first-order valence-corrected chi connectivity index (χ1v) is 13.0. The second kappa shape index (κ2) is 9.75. The average molecular weight is 497 g/mol. The molecule has 1 amide bonds. The van der Waals surface area contributed by atoms with Crippen LogP contribution in [0.25, 0.3) is 6.08 Å². The third-order valence-electron chi connectivity index (χ3n) is 6.05. The van der Waals surface area contributed by atoms with E-state index < -0.39 is 0 Å². The summed E-state index contributed by atoms with van der Waals surface area (Å²) in [6.07, 6.45) is 1.81. The van der Waals surface area contributed by atoms with E-state index in [0.29, 0.717) is 14.8 Å². The summed E-state index contributed by atoms with van der Waals surface area (Å²) in [6.45, 7) is 5.35. The summed E-state index contributed by atoms with van der Waals surface area (Å²) in [6, 6.07) is 11.7. The molecule has 33 heavy (non-hydrogen) atoms. The number of nitriles is 1. The lowest BCUT2D eigenvalue weighted by Gasteiger charge is -2.32. The van der Waals surface area contributed by atoms with Crippen molar-refractivity contribution < 1.29 is 4.79 Å². The van der Waals surface area contributed by atoms with E-state index in [1.165, 1.54) is 11.8 Å². The lowest BCUT2D eigenvalue weighted by Crippen LogP contribution is -2.38. The Balaban J connectivity index is 1.81. The maximum atomic E-state index is 13.4. The lowest BCUT2D eigenvalue weighted by atomic mass is 10.0. The van der Waals surface area contributed by atoms with E-state index in [1.54, 1.807) is 23.4 Å². The van der Waals surface area contributed by atoms with Crippen LogP contribution in [0, 0.1) is 18.3 Å². The number of carbonyl (C=O) groups is 1. The van der Waals surface area contributed by atoms with Crippen LogP contribution in [0.1, 0.15) is 35.2 Å². The predicted molar refractivity (Wildman–Crippen MR) is 141 cm³/mol. The minimum Gasteiger partial charge on any atom is -0.356 e. The molecule has 4 rings (SSSR count). The van der Waals surface area contributed by atoms with Crippen LogP contribution in [0.15, 0.2) is 40.0 Å². The third kappa shape index (κ3) is 4.35. The quantitative estimate of drug-likeness (QED) is 0.467. The maximum absolute atomic E-state index is 13.4. The molecule has 1 aromatic heterocycles. The van der Waals surface area contributed by atoms with E-state index >= 15 is 0 Å². The summed E-state index contributed by atoms with van der Waals surface area (Å²) in [5.41, 5.74) is 2.12. The van der Waals surface area contributed by atoms with Crippen LogP contribution < -0.4 is 10.5 Å². The molecule has 6 nitrogen and oxygen atoms in total. The molecule has 2 aliphatic heterocycles. The number of pyridine rings is 1. The van der Waals surface area contributed by atoms with E-state index in [2.05, 4.69) is 11.0 Å². The molecule has 1 aromatic carbocycles. The van der Waals surface area contributed by atoms with Gasteiger partial charge in [0.25, 0.3) is 11.5 Å². The van der Waals surface area contributed by atoms with Crippen LogP contribution in [0.5, 0.6) is 0 Å². The van der Waals surface area contributed by atoms with Gasteiger partial charge in [-0.15, -0.1) is 0 Å². The highest BCUT2D eigenvalue weighted by atomic mass is 32.2. The van der Waals surface area contributed by atoms with E-state index in [1.807, 2.05) is 55.1 Å². The van der Waals surface area contributed by atoms with Crippen LogP contribution in [-0.2, 0) is 11.8 Å². The molecule has 0 bridgehead atoms. The van der Waals surface area contributed by atoms with E-state index in [0.717, 1.165) is 41.5 Å². The molecule has 2 aliphatic rings. The summed E-state index contributed by atoms with van der Waals surface area (Å²) in [7, 11) is 1.69. The van der Waals surface area contributed by atoms with Crippen LogP contribution in [-0.4, -0.2) is 44.3 Å².